The molecule has 0 bridgehead atoms. The summed E-state index contributed by atoms with van der Waals surface area (Å²) >= 11 is 0. The van der Waals surface area contributed by atoms with Gasteiger partial charge in [-0.1, -0.05) is 56.3 Å². The predicted octanol–water partition coefficient (Wildman–Crippen LogP) is 14.3. The third-order valence-electron chi connectivity index (χ3n) is 10.2. The molecule has 6 aromatic rings. The first-order valence-electron chi connectivity index (χ1n) is 18.1. The van der Waals surface area contributed by atoms with Crippen LogP contribution < -0.4 is 9.80 Å². The average molecular weight is 657 g/mol. The number of hydrogen-bond acceptors (Lipinski definition) is 2. The van der Waals surface area contributed by atoms with E-state index in [0.29, 0.717) is 5.92 Å². The third-order valence-corrected chi connectivity index (χ3v) is 10.2. The Hall–Kier alpha value is -5.08. The molecule has 0 aliphatic heterocycles. The van der Waals surface area contributed by atoms with Gasteiger partial charge in [0.15, 0.2) is 0 Å². The zero-order valence-corrected chi connectivity index (χ0v) is 31.6. The van der Waals surface area contributed by atoms with Crippen molar-refractivity contribution in [1.82, 2.24) is 0 Å². The highest BCUT2D eigenvalue weighted by atomic mass is 15.2. The van der Waals surface area contributed by atoms with E-state index in [2.05, 4.69) is 194 Å². The van der Waals surface area contributed by atoms with E-state index < -0.39 is 0 Å². The van der Waals surface area contributed by atoms with Crippen LogP contribution in [0.5, 0.6) is 0 Å². The van der Waals surface area contributed by atoms with E-state index in [0.717, 1.165) is 6.42 Å². The molecule has 0 aromatic heterocycles. The minimum absolute atomic E-state index is 0.540. The monoisotopic (exact) mass is 656 g/mol. The van der Waals surface area contributed by atoms with Gasteiger partial charge in [-0.05, 0) is 202 Å². The van der Waals surface area contributed by atoms with Crippen molar-refractivity contribution in [2.24, 2.45) is 0 Å². The molecule has 0 fully saturated rings. The fourth-order valence-corrected chi connectivity index (χ4v) is 7.64. The number of anilines is 6. The summed E-state index contributed by atoms with van der Waals surface area (Å²) in [6.45, 7) is 22.4. The minimum atomic E-state index is 0.540. The Balaban J connectivity index is 1.46. The van der Waals surface area contributed by atoms with Crippen LogP contribution in [0, 0.1) is 55.4 Å². The molecule has 0 radical (unpaired) electrons. The van der Waals surface area contributed by atoms with Crippen LogP contribution in [0.2, 0.25) is 0 Å². The van der Waals surface area contributed by atoms with Crippen molar-refractivity contribution in [1.29, 1.82) is 0 Å². The topological polar surface area (TPSA) is 6.48 Å². The molecule has 1 unspecified atom stereocenters. The fraction of sp³-hybridized carbons (Fsp3) is 0.250. The van der Waals surface area contributed by atoms with Gasteiger partial charge in [-0.25, -0.2) is 0 Å². The van der Waals surface area contributed by atoms with E-state index in [9.17, 15) is 0 Å². The van der Waals surface area contributed by atoms with Crippen LogP contribution in [-0.4, -0.2) is 0 Å². The van der Waals surface area contributed by atoms with Crippen LogP contribution in [0.15, 0.2) is 115 Å². The molecule has 0 N–H and O–H groups in total. The molecule has 0 heterocycles. The molecule has 0 amide bonds. The lowest BCUT2D eigenvalue weighted by atomic mass is 9.92. The van der Waals surface area contributed by atoms with Gasteiger partial charge in [-0.2, -0.15) is 0 Å². The third kappa shape index (κ3) is 6.98. The molecule has 2 nitrogen and oxygen atoms in total. The zero-order valence-electron chi connectivity index (χ0n) is 31.6. The Kier molecular flexibility index (Phi) is 10.0. The first-order valence-corrected chi connectivity index (χ1v) is 18.1. The molecular formula is C48H52N2. The van der Waals surface area contributed by atoms with E-state index in [4.69, 9.17) is 0 Å². The van der Waals surface area contributed by atoms with Crippen LogP contribution in [0.4, 0.5) is 34.1 Å². The smallest absolute Gasteiger partial charge is 0.0520 e. The van der Waals surface area contributed by atoms with Gasteiger partial charge in [-0.3, -0.25) is 0 Å². The van der Waals surface area contributed by atoms with Gasteiger partial charge in [0, 0.05) is 22.7 Å². The number of rotatable bonds is 9. The van der Waals surface area contributed by atoms with Crippen molar-refractivity contribution in [2.75, 3.05) is 9.80 Å². The van der Waals surface area contributed by atoms with Crippen molar-refractivity contribution >= 4 is 34.1 Å². The normalized spacial score (nSPS) is 11.8. The highest BCUT2D eigenvalue weighted by Gasteiger charge is 2.22. The molecule has 6 aromatic carbocycles. The lowest BCUT2D eigenvalue weighted by Crippen LogP contribution is -2.14. The fourth-order valence-electron chi connectivity index (χ4n) is 7.64. The summed E-state index contributed by atoms with van der Waals surface area (Å²) in [7, 11) is 0. The maximum absolute atomic E-state index is 2.45. The van der Waals surface area contributed by atoms with Crippen LogP contribution in [0.1, 0.15) is 76.3 Å². The average Bonchev–Trinajstić information content (AvgIpc) is 3.07. The SMILES string of the molecule is CCC(C)c1ccc(N(c2cccc(C)c2)c2c(C)cc(-c3cc(C)c(N(c4cccc(C)c4)c4cccc(C)c4)c(C)c3)cc2C)cc1C. The molecule has 0 spiro atoms. The standard InChI is InChI=1S/C48H52N2/c1-11-34(5)46-22-21-45(30-35(46)6)50(44-20-14-17-33(4)25-44)48-38(9)28-41(29-39(48)10)40-26-36(7)47(37(8)27-40)49(42-18-12-15-31(2)23-42)43-19-13-16-32(3)24-43/h12-30,34H,11H2,1-10H3. The molecular weight excluding hydrogens is 605 g/mol. The second-order valence-corrected chi connectivity index (χ2v) is 14.5. The Morgan fingerprint density at radius 2 is 0.780 bits per heavy atom. The van der Waals surface area contributed by atoms with Gasteiger partial charge in [0.25, 0.3) is 0 Å². The summed E-state index contributed by atoms with van der Waals surface area (Å²) in [6.07, 6.45) is 1.14. The van der Waals surface area contributed by atoms with E-state index in [1.54, 1.807) is 0 Å². The summed E-state index contributed by atoms with van der Waals surface area (Å²) in [4.78, 5) is 4.87. The summed E-state index contributed by atoms with van der Waals surface area (Å²) in [6, 6.07) is 43.0. The van der Waals surface area contributed by atoms with E-state index >= 15 is 0 Å². The number of aryl methyl sites for hydroxylation is 8. The highest BCUT2D eigenvalue weighted by molar-refractivity contribution is 5.86. The molecule has 1 atom stereocenters. The molecule has 50 heavy (non-hydrogen) atoms. The number of hydrogen-bond donors (Lipinski definition) is 0. The predicted molar refractivity (Wildman–Crippen MR) is 218 cm³/mol. The van der Waals surface area contributed by atoms with Gasteiger partial charge in [0.05, 0.1) is 11.4 Å². The maximum Gasteiger partial charge on any atom is 0.0520 e. The van der Waals surface area contributed by atoms with Gasteiger partial charge in [0.2, 0.25) is 0 Å². The summed E-state index contributed by atoms with van der Waals surface area (Å²) in [5.74, 6) is 0.540. The van der Waals surface area contributed by atoms with Crippen molar-refractivity contribution in [2.45, 2.75) is 81.6 Å². The van der Waals surface area contributed by atoms with Crippen molar-refractivity contribution < 1.29 is 0 Å². The van der Waals surface area contributed by atoms with Crippen LogP contribution >= 0.6 is 0 Å². The second-order valence-electron chi connectivity index (χ2n) is 14.5. The first-order chi connectivity index (χ1) is 23.9. The summed E-state index contributed by atoms with van der Waals surface area (Å²) in [5.41, 5.74) is 21.2. The van der Waals surface area contributed by atoms with Crippen LogP contribution in [-0.2, 0) is 0 Å². The summed E-state index contributed by atoms with van der Waals surface area (Å²) in [5, 5.41) is 0. The van der Waals surface area contributed by atoms with Gasteiger partial charge < -0.3 is 9.80 Å². The second kappa shape index (κ2) is 14.4. The van der Waals surface area contributed by atoms with Gasteiger partial charge in [-0.15, -0.1) is 0 Å². The van der Waals surface area contributed by atoms with Crippen molar-refractivity contribution in [3.8, 4) is 11.1 Å². The lowest BCUT2D eigenvalue weighted by Gasteiger charge is -2.31. The van der Waals surface area contributed by atoms with E-state index in [-0.39, 0.29) is 0 Å². The maximum atomic E-state index is 2.45. The van der Waals surface area contributed by atoms with Crippen LogP contribution in [0.25, 0.3) is 11.1 Å². The largest absolute Gasteiger partial charge is 0.310 e. The lowest BCUT2D eigenvalue weighted by molar-refractivity contribution is 0.728. The molecule has 0 saturated heterocycles. The molecule has 2 heteroatoms. The number of nitrogens with zero attached hydrogens (tertiary/aromatic N) is 2. The first kappa shape index (κ1) is 34.8. The van der Waals surface area contributed by atoms with E-state index in [1.165, 1.54) is 95.3 Å². The van der Waals surface area contributed by atoms with Crippen molar-refractivity contribution in [3.63, 3.8) is 0 Å². The quantitative estimate of drug-likeness (QED) is 0.153. The number of benzene rings is 6. The van der Waals surface area contributed by atoms with Crippen LogP contribution in [0.3, 0.4) is 0 Å². The Labute approximate surface area is 301 Å². The Bertz CT molecular complexity index is 2080. The molecule has 0 aliphatic rings. The molecule has 6 rings (SSSR count). The Morgan fingerprint density at radius 3 is 1.10 bits per heavy atom. The highest BCUT2D eigenvalue weighted by Crippen LogP contribution is 2.44. The van der Waals surface area contributed by atoms with E-state index in [1.807, 2.05) is 0 Å². The molecule has 0 aliphatic carbocycles. The van der Waals surface area contributed by atoms with Gasteiger partial charge in [0.1, 0.15) is 0 Å². The molecule has 0 saturated carbocycles. The van der Waals surface area contributed by atoms with Crippen molar-refractivity contribution in [3.05, 3.63) is 165 Å². The summed E-state index contributed by atoms with van der Waals surface area (Å²) < 4.78 is 0. The molecule has 254 valence electrons. The minimum Gasteiger partial charge on any atom is -0.310 e. The zero-order chi connectivity index (χ0) is 35.7. The van der Waals surface area contributed by atoms with Gasteiger partial charge >= 0.3 is 0 Å². The Morgan fingerprint density at radius 1 is 0.420 bits per heavy atom.